The Morgan fingerprint density at radius 3 is 2.60 bits per heavy atom. The van der Waals surface area contributed by atoms with Crippen molar-refractivity contribution in [2.75, 3.05) is 6.61 Å². The quantitative estimate of drug-likeness (QED) is 0.583. The van der Waals surface area contributed by atoms with Crippen LogP contribution in [-0.2, 0) is 11.3 Å². The van der Waals surface area contributed by atoms with E-state index in [0.29, 0.717) is 21.3 Å². The number of ketones is 1. The Labute approximate surface area is 153 Å². The predicted octanol–water partition coefficient (Wildman–Crippen LogP) is 4.72. The SMILES string of the molecule is O=C(COCc1c(Cl)cccc1Cl)c1ccc(-n2ccnc2)cc1F. The van der Waals surface area contributed by atoms with Gasteiger partial charge in [0.2, 0.25) is 0 Å². The highest BCUT2D eigenvalue weighted by Gasteiger charge is 2.14. The van der Waals surface area contributed by atoms with Gasteiger partial charge < -0.3 is 9.30 Å². The van der Waals surface area contributed by atoms with E-state index in [1.807, 2.05) is 0 Å². The van der Waals surface area contributed by atoms with Gasteiger partial charge in [-0.2, -0.15) is 0 Å². The summed E-state index contributed by atoms with van der Waals surface area (Å²) in [4.78, 5) is 16.1. The van der Waals surface area contributed by atoms with Gasteiger partial charge in [-0.05, 0) is 30.3 Å². The van der Waals surface area contributed by atoms with Crippen LogP contribution in [0.1, 0.15) is 15.9 Å². The van der Waals surface area contributed by atoms with E-state index in [1.54, 1.807) is 47.6 Å². The van der Waals surface area contributed by atoms with E-state index >= 15 is 0 Å². The van der Waals surface area contributed by atoms with Crippen molar-refractivity contribution in [3.8, 4) is 5.69 Å². The average Bonchev–Trinajstić information content (AvgIpc) is 3.12. The number of carbonyl (C=O) groups is 1. The molecule has 0 atom stereocenters. The Kier molecular flexibility index (Phi) is 5.48. The van der Waals surface area contributed by atoms with Crippen LogP contribution in [-0.4, -0.2) is 21.9 Å². The van der Waals surface area contributed by atoms with Crippen molar-refractivity contribution < 1.29 is 13.9 Å². The Hall–Kier alpha value is -2.21. The fraction of sp³-hybridized carbons (Fsp3) is 0.111. The molecule has 0 saturated heterocycles. The van der Waals surface area contributed by atoms with Gasteiger partial charge in [-0.3, -0.25) is 4.79 Å². The predicted molar refractivity (Wildman–Crippen MR) is 94.0 cm³/mol. The minimum Gasteiger partial charge on any atom is -0.369 e. The maximum absolute atomic E-state index is 14.2. The number of imidazole rings is 1. The molecule has 7 heteroatoms. The molecule has 128 valence electrons. The summed E-state index contributed by atoms with van der Waals surface area (Å²) >= 11 is 12.1. The molecular weight excluding hydrogens is 366 g/mol. The maximum atomic E-state index is 14.2. The standard InChI is InChI=1S/C18H13Cl2FN2O2/c19-15-2-1-3-16(20)14(15)9-25-10-18(24)13-5-4-12(8-17(13)21)23-7-6-22-11-23/h1-8,11H,9-10H2. The summed E-state index contributed by atoms with van der Waals surface area (Å²) in [6, 6.07) is 9.43. The first-order valence-corrected chi connectivity index (χ1v) is 8.13. The minimum atomic E-state index is -0.615. The van der Waals surface area contributed by atoms with Crippen molar-refractivity contribution in [2.45, 2.75) is 6.61 Å². The zero-order valence-corrected chi connectivity index (χ0v) is 14.5. The van der Waals surface area contributed by atoms with Crippen LogP contribution < -0.4 is 0 Å². The third-order valence-corrected chi connectivity index (χ3v) is 4.31. The molecule has 0 radical (unpaired) electrons. The number of benzene rings is 2. The molecule has 0 aliphatic heterocycles. The fourth-order valence-electron chi connectivity index (χ4n) is 2.30. The van der Waals surface area contributed by atoms with Crippen LogP contribution in [0.2, 0.25) is 10.0 Å². The Balaban J connectivity index is 1.65. The third kappa shape index (κ3) is 4.07. The molecule has 4 nitrogen and oxygen atoms in total. The highest BCUT2D eigenvalue weighted by Crippen LogP contribution is 2.25. The van der Waals surface area contributed by atoms with Crippen molar-refractivity contribution in [3.05, 3.63) is 82.1 Å². The first kappa shape index (κ1) is 17.6. The van der Waals surface area contributed by atoms with Crippen LogP contribution in [0.4, 0.5) is 4.39 Å². The number of rotatable bonds is 6. The number of hydrogen-bond donors (Lipinski definition) is 0. The van der Waals surface area contributed by atoms with Gasteiger partial charge in [0.15, 0.2) is 5.78 Å². The summed E-state index contributed by atoms with van der Waals surface area (Å²) in [5.74, 6) is -1.08. The van der Waals surface area contributed by atoms with Gasteiger partial charge in [0, 0.05) is 33.7 Å². The summed E-state index contributed by atoms with van der Waals surface area (Å²) in [5.41, 5.74) is 1.14. The van der Waals surface area contributed by atoms with E-state index in [0.717, 1.165) is 0 Å². The first-order chi connectivity index (χ1) is 12.1. The van der Waals surface area contributed by atoms with Crippen molar-refractivity contribution in [3.63, 3.8) is 0 Å². The molecule has 0 aliphatic rings. The van der Waals surface area contributed by atoms with E-state index in [4.69, 9.17) is 27.9 Å². The zero-order chi connectivity index (χ0) is 17.8. The van der Waals surface area contributed by atoms with Gasteiger partial charge in [0.1, 0.15) is 12.4 Å². The number of nitrogens with zero attached hydrogens (tertiary/aromatic N) is 2. The fourth-order valence-corrected chi connectivity index (χ4v) is 2.80. The van der Waals surface area contributed by atoms with E-state index in [1.165, 1.54) is 12.1 Å². The molecule has 3 rings (SSSR count). The second-order valence-electron chi connectivity index (χ2n) is 5.25. The van der Waals surface area contributed by atoms with Gasteiger partial charge in [-0.15, -0.1) is 0 Å². The lowest BCUT2D eigenvalue weighted by atomic mass is 10.1. The number of Topliss-reactive ketones (excluding diaryl/α,β-unsaturated/α-hetero) is 1. The highest BCUT2D eigenvalue weighted by molar-refractivity contribution is 6.35. The van der Waals surface area contributed by atoms with E-state index < -0.39 is 11.6 Å². The molecule has 2 aromatic carbocycles. The lowest BCUT2D eigenvalue weighted by Crippen LogP contribution is -2.11. The summed E-state index contributed by atoms with van der Waals surface area (Å²) in [5, 5.41) is 0.909. The van der Waals surface area contributed by atoms with Gasteiger partial charge in [-0.25, -0.2) is 9.37 Å². The van der Waals surface area contributed by atoms with Crippen LogP contribution in [0.3, 0.4) is 0 Å². The van der Waals surface area contributed by atoms with E-state index in [2.05, 4.69) is 4.98 Å². The van der Waals surface area contributed by atoms with Crippen molar-refractivity contribution in [2.24, 2.45) is 0 Å². The molecule has 1 aromatic heterocycles. The van der Waals surface area contributed by atoms with E-state index in [9.17, 15) is 9.18 Å². The zero-order valence-electron chi connectivity index (χ0n) is 13.0. The molecule has 0 fully saturated rings. The second kappa shape index (κ2) is 7.78. The molecule has 0 amide bonds. The van der Waals surface area contributed by atoms with Gasteiger partial charge in [0.25, 0.3) is 0 Å². The molecule has 0 aliphatic carbocycles. The normalized spacial score (nSPS) is 10.8. The van der Waals surface area contributed by atoms with Gasteiger partial charge >= 0.3 is 0 Å². The topological polar surface area (TPSA) is 44.1 Å². The molecule has 0 saturated carbocycles. The summed E-state index contributed by atoms with van der Waals surface area (Å²) in [6.45, 7) is -0.206. The van der Waals surface area contributed by atoms with Crippen LogP contribution in [0.15, 0.2) is 55.1 Å². The van der Waals surface area contributed by atoms with Gasteiger partial charge in [-0.1, -0.05) is 29.3 Å². The van der Waals surface area contributed by atoms with Crippen molar-refractivity contribution >= 4 is 29.0 Å². The Morgan fingerprint density at radius 2 is 1.96 bits per heavy atom. The van der Waals surface area contributed by atoms with Crippen molar-refractivity contribution in [1.29, 1.82) is 0 Å². The van der Waals surface area contributed by atoms with Gasteiger partial charge in [0.05, 0.1) is 18.5 Å². The molecule has 1 heterocycles. The number of hydrogen-bond acceptors (Lipinski definition) is 3. The second-order valence-corrected chi connectivity index (χ2v) is 6.06. The number of aromatic nitrogens is 2. The Morgan fingerprint density at radius 1 is 1.20 bits per heavy atom. The van der Waals surface area contributed by atoms with E-state index in [-0.39, 0.29) is 18.8 Å². The van der Waals surface area contributed by atoms with Crippen LogP contribution >= 0.6 is 23.2 Å². The minimum absolute atomic E-state index is 0.0332. The molecule has 25 heavy (non-hydrogen) atoms. The van der Waals surface area contributed by atoms with Crippen LogP contribution in [0, 0.1) is 5.82 Å². The Bertz CT molecular complexity index is 878. The third-order valence-electron chi connectivity index (χ3n) is 3.60. The smallest absolute Gasteiger partial charge is 0.191 e. The summed E-state index contributed by atoms with van der Waals surface area (Å²) in [7, 11) is 0. The molecule has 0 unspecified atom stereocenters. The molecule has 0 bridgehead atoms. The molecule has 3 aromatic rings. The lowest BCUT2D eigenvalue weighted by Gasteiger charge is -2.09. The number of carbonyl (C=O) groups excluding carboxylic acids is 1. The summed E-state index contributed by atoms with van der Waals surface area (Å²) < 4.78 is 21.2. The lowest BCUT2D eigenvalue weighted by molar-refractivity contribution is 0.0723. The molecule has 0 N–H and O–H groups in total. The maximum Gasteiger partial charge on any atom is 0.191 e. The van der Waals surface area contributed by atoms with Crippen LogP contribution in [0.25, 0.3) is 5.69 Å². The highest BCUT2D eigenvalue weighted by atomic mass is 35.5. The monoisotopic (exact) mass is 378 g/mol. The molecular formula is C18H13Cl2FN2O2. The average molecular weight is 379 g/mol. The number of halogens is 3. The molecule has 0 spiro atoms. The first-order valence-electron chi connectivity index (χ1n) is 7.38. The number of ether oxygens (including phenoxy) is 1. The summed E-state index contributed by atoms with van der Waals surface area (Å²) in [6.07, 6.45) is 4.82. The van der Waals surface area contributed by atoms with Crippen LogP contribution in [0.5, 0.6) is 0 Å². The largest absolute Gasteiger partial charge is 0.369 e. The van der Waals surface area contributed by atoms with Crippen molar-refractivity contribution in [1.82, 2.24) is 9.55 Å².